The highest BCUT2D eigenvalue weighted by molar-refractivity contribution is 9.11. The van der Waals surface area contributed by atoms with Crippen molar-refractivity contribution in [1.82, 2.24) is 4.98 Å². The van der Waals surface area contributed by atoms with E-state index in [4.69, 9.17) is 5.73 Å². The number of benzene rings is 1. The van der Waals surface area contributed by atoms with Crippen LogP contribution >= 0.6 is 31.9 Å². The summed E-state index contributed by atoms with van der Waals surface area (Å²) in [6.07, 6.45) is 1.89. The van der Waals surface area contributed by atoms with Crippen LogP contribution in [0.5, 0.6) is 0 Å². The van der Waals surface area contributed by atoms with E-state index in [1.807, 2.05) is 18.3 Å². The molecule has 0 unspecified atom stereocenters. The van der Waals surface area contributed by atoms with Crippen LogP contribution in [0.2, 0.25) is 0 Å². The first-order chi connectivity index (χ1) is 5.70. The third-order valence-electron chi connectivity index (χ3n) is 1.77. The molecule has 0 aliphatic carbocycles. The number of fused-ring (bicyclic) bond motifs is 1. The van der Waals surface area contributed by atoms with E-state index in [1.54, 1.807) is 0 Å². The number of aromatic amines is 1. The summed E-state index contributed by atoms with van der Waals surface area (Å²) in [5.74, 6) is 0. The molecule has 0 bridgehead atoms. The number of rotatable bonds is 0. The van der Waals surface area contributed by atoms with E-state index in [0.29, 0.717) is 0 Å². The average Bonchev–Trinajstić information content (AvgIpc) is 2.48. The van der Waals surface area contributed by atoms with Gasteiger partial charge in [-0.05, 0) is 44.0 Å². The highest BCUT2D eigenvalue weighted by Crippen LogP contribution is 2.34. The van der Waals surface area contributed by atoms with Gasteiger partial charge in [0.05, 0.1) is 15.7 Å². The summed E-state index contributed by atoms with van der Waals surface area (Å²) in [5, 5.41) is 1.14. The number of nitrogen functional groups attached to an aromatic ring is 1. The maximum absolute atomic E-state index is 5.79. The molecular weight excluding hydrogens is 284 g/mol. The first-order valence-electron chi connectivity index (χ1n) is 3.40. The van der Waals surface area contributed by atoms with E-state index in [9.17, 15) is 0 Å². The molecule has 0 saturated heterocycles. The van der Waals surface area contributed by atoms with Gasteiger partial charge in [-0.2, -0.15) is 0 Å². The molecule has 0 aliphatic rings. The maximum atomic E-state index is 5.79. The van der Waals surface area contributed by atoms with Crippen LogP contribution in [0.25, 0.3) is 10.9 Å². The zero-order valence-electron chi connectivity index (χ0n) is 6.07. The number of nitrogens with one attached hydrogen (secondary N) is 1. The monoisotopic (exact) mass is 288 g/mol. The van der Waals surface area contributed by atoms with Crippen LogP contribution in [0, 0.1) is 0 Å². The molecule has 4 heteroatoms. The first kappa shape index (κ1) is 8.13. The van der Waals surface area contributed by atoms with Crippen LogP contribution < -0.4 is 5.73 Å². The van der Waals surface area contributed by atoms with Gasteiger partial charge in [0.25, 0.3) is 0 Å². The Labute approximate surface area is 86.4 Å². The molecule has 0 atom stereocenters. The number of anilines is 1. The maximum Gasteiger partial charge on any atom is 0.0657 e. The Morgan fingerprint density at radius 3 is 2.83 bits per heavy atom. The Balaban J connectivity index is 2.94. The second kappa shape index (κ2) is 2.78. The summed E-state index contributed by atoms with van der Waals surface area (Å²) < 4.78 is 1.83. The minimum absolute atomic E-state index is 0.727. The van der Waals surface area contributed by atoms with Crippen LogP contribution in [-0.4, -0.2) is 4.98 Å². The largest absolute Gasteiger partial charge is 0.397 e. The minimum atomic E-state index is 0.727. The molecule has 2 aromatic rings. The van der Waals surface area contributed by atoms with E-state index in [2.05, 4.69) is 36.8 Å². The van der Waals surface area contributed by atoms with Crippen molar-refractivity contribution < 1.29 is 0 Å². The molecule has 0 radical (unpaired) electrons. The molecule has 1 heterocycles. The van der Waals surface area contributed by atoms with Crippen molar-refractivity contribution in [3.8, 4) is 0 Å². The molecule has 12 heavy (non-hydrogen) atoms. The van der Waals surface area contributed by atoms with Gasteiger partial charge in [-0.1, -0.05) is 0 Å². The molecule has 0 spiro atoms. The van der Waals surface area contributed by atoms with Crippen LogP contribution in [0.3, 0.4) is 0 Å². The average molecular weight is 290 g/mol. The molecule has 1 aromatic carbocycles. The molecule has 1 aromatic heterocycles. The molecule has 0 aliphatic heterocycles. The first-order valence-corrected chi connectivity index (χ1v) is 4.99. The van der Waals surface area contributed by atoms with Crippen molar-refractivity contribution in [2.75, 3.05) is 5.73 Å². The van der Waals surface area contributed by atoms with Gasteiger partial charge in [0, 0.05) is 16.1 Å². The lowest BCUT2D eigenvalue weighted by molar-refractivity contribution is 1.46. The summed E-state index contributed by atoms with van der Waals surface area (Å²) in [6, 6.07) is 4.00. The number of aromatic nitrogens is 1. The van der Waals surface area contributed by atoms with Crippen molar-refractivity contribution in [1.29, 1.82) is 0 Å². The van der Waals surface area contributed by atoms with Crippen molar-refractivity contribution >= 4 is 48.5 Å². The number of halogens is 2. The SMILES string of the molecule is Nc1c(Br)cc2cc[nH]c2c1Br. The summed E-state index contributed by atoms with van der Waals surface area (Å²) in [4.78, 5) is 3.11. The fourth-order valence-corrected chi connectivity index (χ4v) is 2.41. The smallest absolute Gasteiger partial charge is 0.0657 e. The Kier molecular flexibility index (Phi) is 1.88. The van der Waals surface area contributed by atoms with Gasteiger partial charge in [-0.15, -0.1) is 0 Å². The quantitative estimate of drug-likeness (QED) is 0.718. The Bertz CT molecular complexity index is 434. The number of hydrogen-bond donors (Lipinski definition) is 2. The second-order valence-corrected chi connectivity index (χ2v) is 4.18. The fraction of sp³-hybridized carbons (Fsp3) is 0. The summed E-state index contributed by atoms with van der Waals surface area (Å²) in [7, 11) is 0. The lowest BCUT2D eigenvalue weighted by Gasteiger charge is -2.02. The van der Waals surface area contributed by atoms with Gasteiger partial charge < -0.3 is 10.7 Å². The Morgan fingerprint density at radius 2 is 2.08 bits per heavy atom. The Morgan fingerprint density at radius 1 is 1.33 bits per heavy atom. The van der Waals surface area contributed by atoms with Gasteiger partial charge in [-0.25, -0.2) is 0 Å². The van der Waals surface area contributed by atoms with Gasteiger partial charge in [-0.3, -0.25) is 0 Å². The third kappa shape index (κ3) is 1.06. The number of hydrogen-bond acceptors (Lipinski definition) is 1. The van der Waals surface area contributed by atoms with Gasteiger partial charge in [0.1, 0.15) is 0 Å². The van der Waals surface area contributed by atoms with E-state index >= 15 is 0 Å². The van der Waals surface area contributed by atoms with E-state index < -0.39 is 0 Å². The number of nitrogens with two attached hydrogens (primary N) is 1. The minimum Gasteiger partial charge on any atom is -0.397 e. The Hall–Kier alpha value is -0.480. The van der Waals surface area contributed by atoms with E-state index in [-0.39, 0.29) is 0 Å². The zero-order chi connectivity index (χ0) is 8.72. The molecular formula is C8H6Br2N2. The molecule has 62 valence electrons. The van der Waals surface area contributed by atoms with Crippen LogP contribution in [0.1, 0.15) is 0 Å². The highest BCUT2D eigenvalue weighted by Gasteiger charge is 2.06. The lowest BCUT2D eigenvalue weighted by Crippen LogP contribution is -1.88. The summed E-state index contributed by atoms with van der Waals surface area (Å²) >= 11 is 6.81. The molecule has 0 fully saturated rings. The lowest BCUT2D eigenvalue weighted by atomic mass is 10.2. The van der Waals surface area contributed by atoms with Gasteiger partial charge in [0.15, 0.2) is 0 Å². The van der Waals surface area contributed by atoms with E-state index in [0.717, 1.165) is 25.5 Å². The fourth-order valence-electron chi connectivity index (χ4n) is 1.15. The molecule has 3 N–H and O–H groups in total. The standard InChI is InChI=1S/C8H6Br2N2/c9-5-3-4-1-2-12-8(4)6(10)7(5)11/h1-3,12H,11H2. The third-order valence-corrected chi connectivity index (χ3v) is 3.25. The van der Waals surface area contributed by atoms with Crippen LogP contribution in [-0.2, 0) is 0 Å². The summed E-state index contributed by atoms with van der Waals surface area (Å²) in [5.41, 5.74) is 7.56. The van der Waals surface area contributed by atoms with Crippen molar-refractivity contribution in [2.45, 2.75) is 0 Å². The molecule has 2 rings (SSSR count). The summed E-state index contributed by atoms with van der Waals surface area (Å²) in [6.45, 7) is 0. The van der Waals surface area contributed by atoms with Gasteiger partial charge in [0.2, 0.25) is 0 Å². The highest BCUT2D eigenvalue weighted by atomic mass is 79.9. The zero-order valence-corrected chi connectivity index (χ0v) is 9.24. The predicted molar refractivity (Wildman–Crippen MR) is 58.1 cm³/mol. The predicted octanol–water partition coefficient (Wildman–Crippen LogP) is 3.28. The normalized spacial score (nSPS) is 10.8. The topological polar surface area (TPSA) is 41.8 Å². The van der Waals surface area contributed by atoms with Crippen molar-refractivity contribution in [3.63, 3.8) is 0 Å². The molecule has 2 nitrogen and oxygen atoms in total. The van der Waals surface area contributed by atoms with Gasteiger partial charge >= 0.3 is 0 Å². The second-order valence-electron chi connectivity index (χ2n) is 2.53. The van der Waals surface area contributed by atoms with Crippen molar-refractivity contribution in [3.05, 3.63) is 27.3 Å². The van der Waals surface area contributed by atoms with Crippen LogP contribution in [0.4, 0.5) is 5.69 Å². The van der Waals surface area contributed by atoms with Crippen LogP contribution in [0.15, 0.2) is 27.3 Å². The molecule has 0 saturated carbocycles. The molecule has 0 amide bonds. The van der Waals surface area contributed by atoms with E-state index in [1.165, 1.54) is 0 Å². The van der Waals surface area contributed by atoms with Crippen molar-refractivity contribution in [2.24, 2.45) is 0 Å². The number of H-pyrrole nitrogens is 1.